The minimum Gasteiger partial charge on any atom is -0.504 e. The summed E-state index contributed by atoms with van der Waals surface area (Å²) in [6, 6.07) is 27.8. The number of halogens is 1. The Hall–Kier alpha value is -4.47. The maximum Gasteiger partial charge on any atom is 0.511 e. The first kappa shape index (κ1) is 29.6. The van der Waals surface area contributed by atoms with Gasteiger partial charge in [-0.05, 0) is 35.1 Å². The zero-order valence-electron chi connectivity index (χ0n) is 24.2. The quantitative estimate of drug-likeness (QED) is 0.222. The first-order valence-corrected chi connectivity index (χ1v) is 14.6. The molecule has 1 saturated heterocycles. The van der Waals surface area contributed by atoms with Crippen molar-refractivity contribution in [3.8, 4) is 28.5 Å². The molecule has 1 unspecified atom stereocenters. The van der Waals surface area contributed by atoms with Gasteiger partial charge in [0.05, 0.1) is 12.3 Å². The predicted molar refractivity (Wildman–Crippen MR) is 169 cm³/mol. The molecule has 9 nitrogen and oxygen atoms in total. The van der Waals surface area contributed by atoms with E-state index in [2.05, 4.69) is 80.2 Å². The zero-order chi connectivity index (χ0) is 29.7. The van der Waals surface area contributed by atoms with Crippen LogP contribution in [0.2, 0.25) is 0 Å². The molecule has 3 N–H and O–H groups in total. The number of aromatic hydroxyl groups is 1. The fraction of sp³-hybridized carbons (Fsp3) is 0.294. The van der Waals surface area contributed by atoms with E-state index in [1.165, 1.54) is 11.1 Å². The van der Waals surface area contributed by atoms with E-state index in [0.29, 0.717) is 40.4 Å². The van der Waals surface area contributed by atoms with Gasteiger partial charge >= 0.3 is 6.16 Å². The Labute approximate surface area is 261 Å². The number of pyridine rings is 1. The van der Waals surface area contributed by atoms with E-state index >= 15 is 0 Å². The second-order valence-electron chi connectivity index (χ2n) is 11.8. The van der Waals surface area contributed by atoms with Crippen molar-refractivity contribution in [3.63, 3.8) is 0 Å². The Bertz CT molecular complexity index is 1680. The number of carboxylic acid groups (broad SMARTS) is 1. The highest BCUT2D eigenvalue weighted by molar-refractivity contribution is 5.85. The van der Waals surface area contributed by atoms with Gasteiger partial charge in [0.15, 0.2) is 5.75 Å². The van der Waals surface area contributed by atoms with E-state index < -0.39 is 23.2 Å². The van der Waals surface area contributed by atoms with Crippen molar-refractivity contribution >= 4 is 24.2 Å². The molecule has 4 atom stereocenters. The molecule has 0 bridgehead atoms. The molecule has 1 saturated carbocycles. The number of aromatic amines is 1. The van der Waals surface area contributed by atoms with Gasteiger partial charge in [-0.25, -0.2) is 4.79 Å². The number of benzene rings is 3. The number of H-pyrrole nitrogens is 1. The van der Waals surface area contributed by atoms with Crippen molar-refractivity contribution in [2.24, 2.45) is 11.8 Å². The summed E-state index contributed by atoms with van der Waals surface area (Å²) in [5.74, 6) is 0.340. The highest BCUT2D eigenvalue weighted by Gasteiger charge is 2.58. The molecule has 2 fully saturated rings. The number of aromatic nitrogens is 1. The smallest absolute Gasteiger partial charge is 0.504 e. The fourth-order valence-corrected chi connectivity index (χ4v) is 6.94. The number of ether oxygens (including phenoxy) is 2. The number of anilines is 1. The maximum absolute atomic E-state index is 12.7. The van der Waals surface area contributed by atoms with Crippen LogP contribution >= 0.6 is 12.4 Å². The largest absolute Gasteiger partial charge is 0.511 e. The number of carbonyl (C=O) groups is 1. The summed E-state index contributed by atoms with van der Waals surface area (Å²) in [5.41, 5.74) is 4.32. The zero-order valence-corrected chi connectivity index (χ0v) is 25.0. The van der Waals surface area contributed by atoms with Crippen molar-refractivity contribution in [2.75, 3.05) is 24.6 Å². The number of nitrogens with one attached hydrogen (secondary N) is 1. The van der Waals surface area contributed by atoms with Crippen LogP contribution in [0, 0.1) is 11.8 Å². The summed E-state index contributed by atoms with van der Waals surface area (Å²) in [5, 5.41) is 19.8. The molecule has 3 aromatic carbocycles. The van der Waals surface area contributed by atoms with Gasteiger partial charge in [-0.1, -0.05) is 67.6 Å². The molecular weight excluding hydrogens is 582 g/mol. The van der Waals surface area contributed by atoms with Gasteiger partial charge in [-0.2, -0.15) is 0 Å². The van der Waals surface area contributed by atoms with Gasteiger partial charge in [0.2, 0.25) is 5.75 Å². The van der Waals surface area contributed by atoms with E-state index in [1.807, 2.05) is 25.1 Å². The SMILES string of the molecule is CC1COc2cc(N3C[C@@H]4[C@H](C3)[C@H]4N(Cc3ccccc3)Cc3ccccc3)ccc2-c2[nH]c(=O)c(OC(=O)O)c(O)c21.Cl. The van der Waals surface area contributed by atoms with Crippen molar-refractivity contribution in [1.82, 2.24) is 9.88 Å². The summed E-state index contributed by atoms with van der Waals surface area (Å²) in [4.78, 5) is 31.5. The second kappa shape index (κ2) is 11.9. The lowest BCUT2D eigenvalue weighted by molar-refractivity contribution is 0.142. The molecule has 10 heteroatoms. The molecule has 0 amide bonds. The van der Waals surface area contributed by atoms with Gasteiger partial charge in [-0.3, -0.25) is 9.69 Å². The van der Waals surface area contributed by atoms with Crippen LogP contribution in [0.15, 0.2) is 83.7 Å². The number of fused-ring (bicyclic) bond motifs is 4. The van der Waals surface area contributed by atoms with Crippen LogP contribution in [0.1, 0.15) is 29.5 Å². The van der Waals surface area contributed by atoms with Gasteiger partial charge in [0.1, 0.15) is 5.75 Å². The third-order valence-corrected chi connectivity index (χ3v) is 8.98. The van der Waals surface area contributed by atoms with Gasteiger partial charge in [0.25, 0.3) is 5.56 Å². The third kappa shape index (κ3) is 5.49. The van der Waals surface area contributed by atoms with Gasteiger partial charge in [0, 0.05) is 61.0 Å². The highest BCUT2D eigenvalue weighted by atomic mass is 35.5. The number of hydrogen-bond acceptors (Lipinski definition) is 7. The van der Waals surface area contributed by atoms with E-state index in [0.717, 1.165) is 31.9 Å². The standard InChI is InChI=1S/C34H33N3O6.ClH/c1-20-19-42-27-14-23(12-13-24(27)29-28(20)31(38)32(33(39)35-29)43-34(40)41)36-17-25-26(18-36)30(25)37(15-21-8-4-2-5-9-21)16-22-10-6-3-7-11-22;/h2-14,20,25-26,30H,15-19H2,1H3,(H,40,41)(H2,35,38,39);1H/t20?,25-,26+,30+;. The van der Waals surface area contributed by atoms with Crippen molar-refractivity contribution in [2.45, 2.75) is 32.0 Å². The second-order valence-corrected chi connectivity index (χ2v) is 11.8. The van der Waals surface area contributed by atoms with Crippen LogP contribution in [0.4, 0.5) is 10.5 Å². The maximum atomic E-state index is 12.7. The molecule has 44 heavy (non-hydrogen) atoms. The molecule has 1 aliphatic carbocycles. The molecule has 2 aliphatic heterocycles. The number of hydrogen-bond donors (Lipinski definition) is 3. The van der Waals surface area contributed by atoms with E-state index in [4.69, 9.17) is 9.84 Å². The van der Waals surface area contributed by atoms with Crippen LogP contribution in [0.25, 0.3) is 11.3 Å². The normalized spacial score (nSPS) is 21.3. The molecule has 3 heterocycles. The van der Waals surface area contributed by atoms with Crippen molar-refractivity contribution < 1.29 is 24.5 Å². The van der Waals surface area contributed by atoms with Crippen LogP contribution in [0.5, 0.6) is 17.2 Å². The number of rotatable bonds is 7. The van der Waals surface area contributed by atoms with Crippen LogP contribution < -0.4 is 19.9 Å². The lowest BCUT2D eigenvalue weighted by atomic mass is 9.95. The Morgan fingerprint density at radius 2 is 1.61 bits per heavy atom. The Morgan fingerprint density at radius 3 is 2.20 bits per heavy atom. The summed E-state index contributed by atoms with van der Waals surface area (Å²) >= 11 is 0. The van der Waals surface area contributed by atoms with Crippen molar-refractivity contribution in [3.05, 3.63) is 106 Å². The Kier molecular flexibility index (Phi) is 8.00. The first-order valence-electron chi connectivity index (χ1n) is 14.6. The Morgan fingerprint density at radius 1 is 1.00 bits per heavy atom. The summed E-state index contributed by atoms with van der Waals surface area (Å²) in [6.45, 7) is 5.84. The molecule has 228 valence electrons. The number of nitrogens with zero attached hydrogens (tertiary/aromatic N) is 2. The third-order valence-electron chi connectivity index (χ3n) is 8.98. The molecule has 0 radical (unpaired) electrons. The minimum atomic E-state index is -1.67. The first-order chi connectivity index (χ1) is 20.9. The molecule has 1 aromatic heterocycles. The predicted octanol–water partition coefficient (Wildman–Crippen LogP) is 5.86. The lowest BCUT2D eigenvalue weighted by Crippen LogP contribution is -2.34. The van der Waals surface area contributed by atoms with Gasteiger partial charge < -0.3 is 29.6 Å². The highest BCUT2D eigenvalue weighted by Crippen LogP contribution is 2.52. The van der Waals surface area contributed by atoms with E-state index in [1.54, 1.807) is 0 Å². The molecule has 3 aliphatic rings. The molecule has 7 rings (SSSR count). The minimum absolute atomic E-state index is 0. The van der Waals surface area contributed by atoms with Gasteiger partial charge in [-0.15, -0.1) is 12.4 Å². The summed E-state index contributed by atoms with van der Waals surface area (Å²) < 4.78 is 10.7. The molecular formula is C34H34ClN3O6. The van der Waals surface area contributed by atoms with Crippen LogP contribution in [-0.4, -0.2) is 52.0 Å². The average Bonchev–Trinajstić information content (AvgIpc) is 3.55. The number of piperidine rings is 1. The summed E-state index contributed by atoms with van der Waals surface area (Å²) in [7, 11) is 0. The topological polar surface area (TPSA) is 115 Å². The lowest BCUT2D eigenvalue weighted by Gasteiger charge is -2.29. The van der Waals surface area contributed by atoms with Crippen LogP contribution in [0.3, 0.4) is 0 Å². The fourth-order valence-electron chi connectivity index (χ4n) is 6.94. The molecule has 0 spiro atoms. The van der Waals surface area contributed by atoms with E-state index in [9.17, 15) is 14.7 Å². The molecule has 4 aromatic rings. The monoisotopic (exact) mass is 615 g/mol. The van der Waals surface area contributed by atoms with Crippen LogP contribution in [-0.2, 0) is 13.1 Å². The Balaban J connectivity index is 0.00000343. The van der Waals surface area contributed by atoms with E-state index in [-0.39, 0.29) is 24.9 Å². The average molecular weight is 616 g/mol. The van der Waals surface area contributed by atoms with Crippen molar-refractivity contribution in [1.29, 1.82) is 0 Å². The summed E-state index contributed by atoms with van der Waals surface area (Å²) in [6.07, 6.45) is -1.67.